The number of nitrogens with zero attached hydrogens (tertiary/aromatic N) is 2. The highest BCUT2D eigenvalue weighted by Gasteiger charge is 2.41. The Balaban J connectivity index is 1.48. The van der Waals surface area contributed by atoms with Gasteiger partial charge in [-0.05, 0) is 62.3 Å². The fraction of sp³-hybridized carbons (Fsp3) is 0.476. The summed E-state index contributed by atoms with van der Waals surface area (Å²) < 4.78 is 5.18. The van der Waals surface area contributed by atoms with Crippen LogP contribution in [0.25, 0.3) is 10.9 Å². The summed E-state index contributed by atoms with van der Waals surface area (Å²) in [4.78, 5) is 21.1. The van der Waals surface area contributed by atoms with Crippen molar-refractivity contribution in [2.24, 2.45) is 0 Å². The van der Waals surface area contributed by atoms with E-state index in [4.69, 9.17) is 4.52 Å². The zero-order valence-corrected chi connectivity index (χ0v) is 15.6. The van der Waals surface area contributed by atoms with E-state index in [-0.39, 0.29) is 5.91 Å². The molecule has 1 amide bonds. The average molecular weight is 364 g/mol. The monoisotopic (exact) mass is 364 g/mol. The maximum absolute atomic E-state index is 13.1. The topological polar surface area (TPSA) is 83.8 Å². The maximum Gasteiger partial charge on any atom is 0.252 e. The van der Waals surface area contributed by atoms with E-state index in [0.717, 1.165) is 44.0 Å². The summed E-state index contributed by atoms with van der Waals surface area (Å²) in [5.41, 5.74) is 4.03. The van der Waals surface area contributed by atoms with Crippen LogP contribution in [0.15, 0.2) is 22.7 Å². The molecule has 2 heterocycles. The molecule has 5 rings (SSSR count). The first-order chi connectivity index (χ1) is 13.1. The Hall–Kier alpha value is -2.63. The summed E-state index contributed by atoms with van der Waals surface area (Å²) in [6, 6.07) is 5.97. The molecule has 27 heavy (non-hydrogen) atoms. The van der Waals surface area contributed by atoms with Crippen molar-refractivity contribution < 1.29 is 9.32 Å². The molecule has 1 saturated carbocycles. The lowest BCUT2D eigenvalue weighted by atomic mass is 9.94. The van der Waals surface area contributed by atoms with Crippen LogP contribution >= 0.6 is 0 Å². The summed E-state index contributed by atoms with van der Waals surface area (Å²) in [7, 11) is 0. The van der Waals surface area contributed by atoms with E-state index in [0.29, 0.717) is 17.3 Å². The number of aromatic amines is 1. The van der Waals surface area contributed by atoms with E-state index >= 15 is 0 Å². The van der Waals surface area contributed by atoms with E-state index < -0.39 is 5.54 Å². The smallest absolute Gasteiger partial charge is 0.252 e. The first-order valence-electron chi connectivity index (χ1n) is 9.91. The number of nitrogens with one attached hydrogen (secondary N) is 2. The van der Waals surface area contributed by atoms with Crippen molar-refractivity contribution in [1.82, 2.24) is 20.4 Å². The number of aromatic nitrogens is 3. The molecule has 1 aromatic carbocycles. The number of carbonyl (C=O) groups is 1. The van der Waals surface area contributed by atoms with Gasteiger partial charge in [-0.15, -0.1) is 0 Å². The zero-order chi connectivity index (χ0) is 18.4. The Labute approximate surface area is 157 Å². The fourth-order valence-electron chi connectivity index (χ4n) is 4.71. The van der Waals surface area contributed by atoms with Crippen LogP contribution in [0.1, 0.15) is 71.9 Å². The van der Waals surface area contributed by atoms with Crippen molar-refractivity contribution in [2.75, 3.05) is 0 Å². The molecule has 0 aliphatic heterocycles. The normalized spacial score (nSPS) is 18.6. The number of amides is 1. The molecule has 0 unspecified atom stereocenters. The standard InChI is InChI=1S/C21H24N4O2/c1-13-22-20(25-27-13)21(10-4-5-11-21)24-19(26)14-8-9-18-16(12-14)15-6-2-3-7-17(15)23-18/h8-9,12,23H,2-7,10-11H2,1H3,(H,24,26). The SMILES string of the molecule is Cc1nc(C2(NC(=O)c3ccc4[nH]c5c(c4c3)CCCC5)CCCC2)no1. The van der Waals surface area contributed by atoms with Crippen molar-refractivity contribution in [1.29, 1.82) is 0 Å². The molecular weight excluding hydrogens is 340 g/mol. The van der Waals surface area contributed by atoms with E-state index in [2.05, 4.69) is 20.4 Å². The molecule has 140 valence electrons. The van der Waals surface area contributed by atoms with Crippen LogP contribution in [-0.2, 0) is 18.4 Å². The second kappa shape index (κ2) is 6.22. The lowest BCUT2D eigenvalue weighted by Gasteiger charge is -2.26. The van der Waals surface area contributed by atoms with Crippen LogP contribution < -0.4 is 5.32 Å². The van der Waals surface area contributed by atoms with Crippen molar-refractivity contribution >= 4 is 16.8 Å². The molecular formula is C21H24N4O2. The lowest BCUT2D eigenvalue weighted by Crippen LogP contribution is -2.44. The Morgan fingerprint density at radius 1 is 1.19 bits per heavy atom. The third-order valence-corrected chi connectivity index (χ3v) is 6.13. The van der Waals surface area contributed by atoms with E-state index in [1.54, 1.807) is 6.92 Å². The van der Waals surface area contributed by atoms with Crippen molar-refractivity contribution in [3.63, 3.8) is 0 Å². The summed E-state index contributed by atoms with van der Waals surface area (Å²) in [6.45, 7) is 1.78. The molecule has 0 saturated heterocycles. The fourth-order valence-corrected chi connectivity index (χ4v) is 4.71. The number of rotatable bonds is 3. The molecule has 3 aromatic rings. The number of fused-ring (bicyclic) bond motifs is 3. The number of benzene rings is 1. The largest absolute Gasteiger partial charge is 0.358 e. The lowest BCUT2D eigenvalue weighted by molar-refractivity contribution is 0.0892. The highest BCUT2D eigenvalue weighted by atomic mass is 16.5. The highest BCUT2D eigenvalue weighted by molar-refractivity contribution is 5.99. The summed E-state index contributed by atoms with van der Waals surface area (Å²) >= 11 is 0. The molecule has 2 aliphatic rings. The number of hydrogen-bond donors (Lipinski definition) is 2. The summed E-state index contributed by atoms with van der Waals surface area (Å²) in [6.07, 6.45) is 8.45. The molecule has 0 spiro atoms. The van der Waals surface area contributed by atoms with Crippen LogP contribution in [0.5, 0.6) is 0 Å². The molecule has 0 atom stereocenters. The van der Waals surface area contributed by atoms with Gasteiger partial charge in [-0.25, -0.2) is 0 Å². The molecule has 1 fully saturated rings. The first kappa shape index (κ1) is 16.5. The van der Waals surface area contributed by atoms with Gasteiger partial charge in [-0.3, -0.25) is 4.79 Å². The molecule has 6 nitrogen and oxygen atoms in total. The van der Waals surface area contributed by atoms with Gasteiger partial charge < -0.3 is 14.8 Å². The molecule has 6 heteroatoms. The van der Waals surface area contributed by atoms with Crippen LogP contribution in [0.4, 0.5) is 0 Å². The predicted molar refractivity (Wildman–Crippen MR) is 102 cm³/mol. The Kier molecular flexibility index (Phi) is 3.81. The second-order valence-corrected chi connectivity index (χ2v) is 7.93. The third kappa shape index (κ3) is 2.74. The number of carbonyl (C=O) groups excluding carboxylic acids is 1. The van der Waals surface area contributed by atoms with E-state index in [9.17, 15) is 4.79 Å². The van der Waals surface area contributed by atoms with Gasteiger partial charge in [0.1, 0.15) is 5.54 Å². The van der Waals surface area contributed by atoms with Crippen LogP contribution in [0, 0.1) is 6.92 Å². The van der Waals surface area contributed by atoms with E-state index in [1.165, 1.54) is 29.5 Å². The number of hydrogen-bond acceptors (Lipinski definition) is 4. The van der Waals surface area contributed by atoms with Gasteiger partial charge in [0, 0.05) is 29.1 Å². The molecule has 2 aromatic heterocycles. The van der Waals surface area contributed by atoms with Crippen LogP contribution in [-0.4, -0.2) is 21.0 Å². The number of H-pyrrole nitrogens is 1. The van der Waals surface area contributed by atoms with Crippen molar-refractivity contribution in [3.8, 4) is 0 Å². The van der Waals surface area contributed by atoms with Gasteiger partial charge in [0.25, 0.3) is 5.91 Å². The van der Waals surface area contributed by atoms with Crippen molar-refractivity contribution in [3.05, 3.63) is 46.7 Å². The Morgan fingerprint density at radius 2 is 2.00 bits per heavy atom. The van der Waals surface area contributed by atoms with Gasteiger partial charge in [-0.2, -0.15) is 4.98 Å². The molecule has 2 N–H and O–H groups in total. The molecule has 2 aliphatic carbocycles. The number of aryl methyl sites for hydroxylation is 3. The van der Waals surface area contributed by atoms with Crippen LogP contribution in [0.2, 0.25) is 0 Å². The Bertz CT molecular complexity index is 1010. The maximum atomic E-state index is 13.1. The minimum absolute atomic E-state index is 0.0630. The van der Waals surface area contributed by atoms with Crippen molar-refractivity contribution in [2.45, 2.75) is 63.8 Å². The van der Waals surface area contributed by atoms with Gasteiger partial charge in [0.05, 0.1) is 0 Å². The minimum atomic E-state index is -0.513. The predicted octanol–water partition coefficient (Wildman–Crippen LogP) is 3.94. The molecule has 0 radical (unpaired) electrons. The van der Waals surface area contributed by atoms with Gasteiger partial charge in [0.15, 0.2) is 5.82 Å². The molecule has 0 bridgehead atoms. The second-order valence-electron chi connectivity index (χ2n) is 7.93. The zero-order valence-electron chi connectivity index (χ0n) is 15.6. The minimum Gasteiger partial charge on any atom is -0.358 e. The highest BCUT2D eigenvalue weighted by Crippen LogP contribution is 2.38. The average Bonchev–Trinajstić information content (AvgIpc) is 3.39. The van der Waals surface area contributed by atoms with Gasteiger partial charge in [-0.1, -0.05) is 18.0 Å². The summed E-state index contributed by atoms with van der Waals surface area (Å²) in [5, 5.41) is 8.54. The Morgan fingerprint density at radius 3 is 2.78 bits per heavy atom. The first-order valence-corrected chi connectivity index (χ1v) is 9.91. The third-order valence-electron chi connectivity index (χ3n) is 6.13. The van der Waals surface area contributed by atoms with Gasteiger partial charge in [0.2, 0.25) is 5.89 Å². The summed E-state index contributed by atoms with van der Waals surface area (Å²) in [5.74, 6) is 1.07. The van der Waals surface area contributed by atoms with Gasteiger partial charge >= 0.3 is 0 Å². The quantitative estimate of drug-likeness (QED) is 0.737. The van der Waals surface area contributed by atoms with Crippen LogP contribution in [0.3, 0.4) is 0 Å². The van der Waals surface area contributed by atoms with E-state index in [1.807, 2.05) is 18.2 Å².